The van der Waals surface area contributed by atoms with E-state index in [9.17, 15) is 14.4 Å². The van der Waals surface area contributed by atoms with Gasteiger partial charge in [-0.05, 0) is 30.4 Å². The lowest BCUT2D eigenvalue weighted by Crippen LogP contribution is -2.44. The summed E-state index contributed by atoms with van der Waals surface area (Å²) in [6, 6.07) is 3.50. The highest BCUT2D eigenvalue weighted by atomic mass is 16.2. The van der Waals surface area contributed by atoms with Gasteiger partial charge in [0.15, 0.2) is 0 Å². The number of hydrogen-bond acceptors (Lipinski definition) is 4. The molecule has 1 heterocycles. The fourth-order valence-corrected chi connectivity index (χ4v) is 4.26. The van der Waals surface area contributed by atoms with Gasteiger partial charge in [-0.1, -0.05) is 71.6 Å². The number of pyridine rings is 1. The van der Waals surface area contributed by atoms with Crippen molar-refractivity contribution in [1.82, 2.24) is 21.2 Å². The van der Waals surface area contributed by atoms with Crippen LogP contribution in [-0.4, -0.2) is 28.7 Å². The minimum Gasteiger partial charge on any atom is -0.353 e. The highest BCUT2D eigenvalue weighted by molar-refractivity contribution is 5.95. The molecule has 0 radical (unpaired) electrons. The van der Waals surface area contributed by atoms with Crippen molar-refractivity contribution in [3.63, 3.8) is 0 Å². The molecule has 0 bridgehead atoms. The van der Waals surface area contributed by atoms with E-state index in [0.717, 1.165) is 25.7 Å². The first-order valence-electron chi connectivity index (χ1n) is 12.1. The molecule has 1 aliphatic carbocycles. The van der Waals surface area contributed by atoms with Crippen LogP contribution in [0.5, 0.6) is 0 Å². The quantitative estimate of drug-likeness (QED) is 0.565. The van der Waals surface area contributed by atoms with Gasteiger partial charge in [-0.3, -0.25) is 30.2 Å². The molecule has 1 aliphatic rings. The van der Waals surface area contributed by atoms with E-state index < -0.39 is 11.3 Å². The van der Waals surface area contributed by atoms with E-state index in [1.165, 1.54) is 51.1 Å². The van der Waals surface area contributed by atoms with E-state index in [0.29, 0.717) is 5.56 Å². The minimum atomic E-state index is -0.515. The minimum absolute atomic E-state index is 0.000658. The summed E-state index contributed by atoms with van der Waals surface area (Å²) in [5.41, 5.74) is 4.68. The lowest BCUT2D eigenvalue weighted by Gasteiger charge is -2.26. The van der Waals surface area contributed by atoms with Crippen LogP contribution in [0.4, 0.5) is 0 Å². The van der Waals surface area contributed by atoms with Crippen molar-refractivity contribution in [2.75, 3.05) is 0 Å². The molecule has 0 atom stereocenters. The fourth-order valence-electron chi connectivity index (χ4n) is 4.26. The predicted molar refractivity (Wildman–Crippen MR) is 126 cm³/mol. The molecule has 0 spiro atoms. The molecule has 0 aromatic carbocycles. The van der Waals surface area contributed by atoms with E-state index in [4.69, 9.17) is 0 Å². The zero-order valence-electron chi connectivity index (χ0n) is 19.8. The lowest BCUT2D eigenvalue weighted by atomic mass is 9.85. The van der Waals surface area contributed by atoms with Crippen LogP contribution in [0, 0.1) is 5.41 Å². The normalized spacial score (nSPS) is 16.8. The van der Waals surface area contributed by atoms with Crippen LogP contribution in [0.25, 0.3) is 0 Å². The van der Waals surface area contributed by atoms with Gasteiger partial charge in [0.2, 0.25) is 11.8 Å². The van der Waals surface area contributed by atoms with E-state index in [2.05, 4.69) is 21.2 Å². The van der Waals surface area contributed by atoms with Gasteiger partial charge in [-0.2, -0.15) is 0 Å². The molecule has 0 aliphatic heterocycles. The Bertz CT molecular complexity index is 709. The highest BCUT2D eigenvalue weighted by Gasteiger charge is 2.26. The standard InChI is InChI=1S/C25H40N4O3/c1-25(2,18-23(31)28-29-24(32)20-13-12-16-26-19-20)17-22(30)27-21-14-10-8-6-4-3-5-7-9-11-15-21/h12-13,16,19,21H,3-11,14-15,17-18H2,1-2H3,(H,27,30)(H,28,31)(H,29,32). The van der Waals surface area contributed by atoms with Crippen LogP contribution >= 0.6 is 0 Å². The topological polar surface area (TPSA) is 100 Å². The molecule has 2 rings (SSSR count). The Morgan fingerprint density at radius 3 is 2.00 bits per heavy atom. The predicted octanol–water partition coefficient (Wildman–Crippen LogP) is 4.44. The largest absolute Gasteiger partial charge is 0.353 e. The van der Waals surface area contributed by atoms with Crippen LogP contribution < -0.4 is 16.2 Å². The molecule has 3 N–H and O–H groups in total. The summed E-state index contributed by atoms with van der Waals surface area (Å²) >= 11 is 0. The third kappa shape index (κ3) is 10.7. The molecule has 0 saturated heterocycles. The Kier molecular flexibility index (Phi) is 11.2. The molecule has 32 heavy (non-hydrogen) atoms. The average molecular weight is 445 g/mol. The first-order chi connectivity index (χ1) is 15.4. The Morgan fingerprint density at radius 1 is 0.875 bits per heavy atom. The number of nitrogens with zero attached hydrogens (tertiary/aromatic N) is 1. The maximum atomic E-state index is 12.7. The Hall–Kier alpha value is -2.44. The van der Waals surface area contributed by atoms with Crippen LogP contribution in [-0.2, 0) is 9.59 Å². The third-order valence-corrected chi connectivity index (χ3v) is 5.99. The van der Waals surface area contributed by atoms with Crippen molar-refractivity contribution in [3.05, 3.63) is 30.1 Å². The highest BCUT2D eigenvalue weighted by Crippen LogP contribution is 2.25. The zero-order chi connectivity index (χ0) is 23.2. The monoisotopic (exact) mass is 444 g/mol. The van der Waals surface area contributed by atoms with Crippen LogP contribution in [0.3, 0.4) is 0 Å². The molecule has 7 heteroatoms. The van der Waals surface area contributed by atoms with Crippen LogP contribution in [0.15, 0.2) is 24.5 Å². The summed E-state index contributed by atoms with van der Waals surface area (Å²) < 4.78 is 0. The van der Waals surface area contributed by atoms with Gasteiger partial charge in [-0.25, -0.2) is 0 Å². The van der Waals surface area contributed by atoms with Gasteiger partial charge in [0, 0.05) is 31.3 Å². The number of aromatic nitrogens is 1. The molecule has 1 fully saturated rings. The van der Waals surface area contributed by atoms with Gasteiger partial charge >= 0.3 is 0 Å². The second-order valence-electron chi connectivity index (χ2n) is 9.79. The average Bonchev–Trinajstić information content (AvgIpc) is 2.73. The molecule has 1 saturated carbocycles. The van der Waals surface area contributed by atoms with Gasteiger partial charge in [0.25, 0.3) is 5.91 Å². The van der Waals surface area contributed by atoms with Gasteiger partial charge < -0.3 is 5.32 Å². The van der Waals surface area contributed by atoms with Crippen molar-refractivity contribution in [2.24, 2.45) is 5.41 Å². The van der Waals surface area contributed by atoms with Crippen molar-refractivity contribution in [3.8, 4) is 0 Å². The number of carbonyl (C=O) groups excluding carboxylic acids is 3. The number of hydrazine groups is 1. The number of rotatable bonds is 6. The second kappa shape index (κ2) is 13.9. The summed E-state index contributed by atoms with van der Waals surface area (Å²) in [7, 11) is 0. The van der Waals surface area contributed by atoms with E-state index in [-0.39, 0.29) is 30.7 Å². The number of nitrogens with one attached hydrogen (secondary N) is 3. The molecule has 178 valence electrons. The number of hydrogen-bond donors (Lipinski definition) is 3. The molecular formula is C25H40N4O3. The molecular weight excluding hydrogens is 404 g/mol. The van der Waals surface area contributed by atoms with Crippen molar-refractivity contribution >= 4 is 17.7 Å². The maximum absolute atomic E-state index is 12.7. The lowest BCUT2D eigenvalue weighted by molar-refractivity contribution is -0.126. The van der Waals surface area contributed by atoms with E-state index in [1.54, 1.807) is 18.3 Å². The van der Waals surface area contributed by atoms with Crippen molar-refractivity contribution in [2.45, 2.75) is 103 Å². The third-order valence-electron chi connectivity index (χ3n) is 5.99. The summed E-state index contributed by atoms with van der Waals surface area (Å²) in [6.45, 7) is 3.80. The van der Waals surface area contributed by atoms with E-state index >= 15 is 0 Å². The SMILES string of the molecule is CC(C)(CC(=O)NNC(=O)c1cccnc1)CC(=O)NC1CCCCCCCCCCC1. The smallest absolute Gasteiger partial charge is 0.271 e. The number of carbonyl (C=O) groups is 3. The van der Waals surface area contributed by atoms with Gasteiger partial charge in [0.1, 0.15) is 0 Å². The second-order valence-corrected chi connectivity index (χ2v) is 9.79. The first kappa shape index (κ1) is 25.8. The van der Waals surface area contributed by atoms with Gasteiger partial charge in [0.05, 0.1) is 5.56 Å². The van der Waals surface area contributed by atoms with Gasteiger partial charge in [-0.15, -0.1) is 0 Å². The van der Waals surface area contributed by atoms with E-state index in [1.807, 2.05) is 13.8 Å². The molecule has 7 nitrogen and oxygen atoms in total. The zero-order valence-corrected chi connectivity index (χ0v) is 19.8. The van der Waals surface area contributed by atoms with Crippen LogP contribution in [0.1, 0.15) is 108 Å². The number of amides is 3. The van der Waals surface area contributed by atoms with Crippen molar-refractivity contribution in [1.29, 1.82) is 0 Å². The summed E-state index contributed by atoms with van der Waals surface area (Å²) in [6.07, 6.45) is 16.9. The van der Waals surface area contributed by atoms with Crippen LogP contribution in [0.2, 0.25) is 0 Å². The summed E-state index contributed by atoms with van der Waals surface area (Å²) in [5, 5.41) is 3.22. The Morgan fingerprint density at radius 2 is 1.44 bits per heavy atom. The molecule has 3 amide bonds. The first-order valence-corrected chi connectivity index (χ1v) is 12.1. The summed E-state index contributed by atoms with van der Waals surface area (Å²) in [4.78, 5) is 40.9. The van der Waals surface area contributed by atoms with Crippen molar-refractivity contribution < 1.29 is 14.4 Å². The summed E-state index contributed by atoms with van der Waals surface area (Å²) in [5.74, 6) is -0.755. The molecule has 0 unspecified atom stereocenters. The molecule has 1 aromatic heterocycles. The fraction of sp³-hybridized carbons (Fsp3) is 0.680. The Balaban J connectivity index is 1.75. The maximum Gasteiger partial charge on any atom is 0.271 e. The molecule has 1 aromatic rings. The Labute approximate surface area is 192 Å².